The molecule has 2 aliphatic heterocycles. The maximum absolute atomic E-state index is 13.0. The van der Waals surface area contributed by atoms with Crippen LogP contribution >= 0.6 is 0 Å². The van der Waals surface area contributed by atoms with Gasteiger partial charge in [0.25, 0.3) is 11.8 Å². The molecule has 38 heavy (non-hydrogen) atoms. The molecule has 3 aromatic rings. The van der Waals surface area contributed by atoms with E-state index in [0.717, 1.165) is 11.1 Å². The largest absolute Gasteiger partial charge is 0.479 e. The van der Waals surface area contributed by atoms with Crippen LogP contribution in [0, 0.1) is 6.92 Å². The second kappa shape index (κ2) is 10.6. The number of aryl methyl sites for hydroxylation is 1. The van der Waals surface area contributed by atoms with E-state index in [2.05, 4.69) is 5.32 Å². The van der Waals surface area contributed by atoms with Gasteiger partial charge in [0.15, 0.2) is 6.10 Å². The normalized spacial score (nSPS) is 18.0. The lowest BCUT2D eigenvalue weighted by atomic mass is 10.1. The van der Waals surface area contributed by atoms with Gasteiger partial charge in [-0.15, -0.1) is 0 Å². The van der Waals surface area contributed by atoms with Crippen molar-refractivity contribution in [3.8, 4) is 5.75 Å². The summed E-state index contributed by atoms with van der Waals surface area (Å²) < 4.78 is 38.1. The van der Waals surface area contributed by atoms with Crippen molar-refractivity contribution in [2.24, 2.45) is 0 Å². The Bertz CT molecular complexity index is 1470. The van der Waals surface area contributed by atoms with E-state index >= 15 is 0 Å². The number of carbonyl (C=O) groups excluding carboxylic acids is 2. The highest BCUT2D eigenvalue weighted by Crippen LogP contribution is 2.37. The molecule has 1 fully saturated rings. The topological polar surface area (TPSA) is 105 Å². The number of hydrogen-bond donors (Lipinski definition) is 1. The molecular weight excluding hydrogens is 506 g/mol. The van der Waals surface area contributed by atoms with E-state index in [1.165, 1.54) is 28.6 Å². The highest BCUT2D eigenvalue weighted by molar-refractivity contribution is 7.89. The minimum atomic E-state index is -3.65. The smallest absolute Gasteiger partial charge is 0.268 e. The Hall–Kier alpha value is -3.73. The second-order valence-electron chi connectivity index (χ2n) is 9.29. The zero-order valence-electron chi connectivity index (χ0n) is 21.2. The Kier molecular flexibility index (Phi) is 7.20. The molecule has 5 rings (SSSR count). The summed E-state index contributed by atoms with van der Waals surface area (Å²) in [4.78, 5) is 27.8. The van der Waals surface area contributed by atoms with E-state index in [1.807, 2.05) is 31.2 Å². The van der Waals surface area contributed by atoms with Crippen LogP contribution in [-0.4, -0.2) is 56.9 Å². The molecule has 0 bridgehead atoms. The van der Waals surface area contributed by atoms with Gasteiger partial charge in [0.2, 0.25) is 10.0 Å². The first-order valence-electron chi connectivity index (χ1n) is 12.4. The number of carbonyl (C=O) groups is 2. The molecule has 1 atom stereocenters. The van der Waals surface area contributed by atoms with Crippen molar-refractivity contribution in [2.75, 3.05) is 36.5 Å². The van der Waals surface area contributed by atoms with E-state index in [0.29, 0.717) is 55.5 Å². The number of sulfonamides is 1. The lowest BCUT2D eigenvalue weighted by molar-refractivity contribution is -0.125. The summed E-state index contributed by atoms with van der Waals surface area (Å²) in [5, 5.41) is 2.84. The fourth-order valence-electron chi connectivity index (χ4n) is 4.52. The lowest BCUT2D eigenvalue weighted by Crippen LogP contribution is -2.44. The number of nitrogens with zero attached hydrogens (tertiary/aromatic N) is 2. The Balaban J connectivity index is 1.35. The van der Waals surface area contributed by atoms with Crippen molar-refractivity contribution in [3.05, 3.63) is 83.4 Å². The quantitative estimate of drug-likeness (QED) is 0.517. The van der Waals surface area contributed by atoms with Gasteiger partial charge in [-0.25, -0.2) is 8.42 Å². The molecular formula is C28H29N3O6S. The molecule has 1 saturated heterocycles. The average molecular weight is 536 g/mol. The van der Waals surface area contributed by atoms with Crippen molar-refractivity contribution in [1.82, 2.24) is 4.31 Å². The van der Waals surface area contributed by atoms with Crippen LogP contribution in [-0.2, 0) is 26.1 Å². The summed E-state index contributed by atoms with van der Waals surface area (Å²) in [6.07, 6.45) is -0.626. The van der Waals surface area contributed by atoms with Gasteiger partial charge in [-0.05, 0) is 67.4 Å². The van der Waals surface area contributed by atoms with Gasteiger partial charge in [-0.3, -0.25) is 9.59 Å². The number of ether oxygens (including phenoxy) is 2. The third-order valence-corrected chi connectivity index (χ3v) is 8.65. The second-order valence-corrected chi connectivity index (χ2v) is 11.2. The molecule has 2 heterocycles. The molecule has 2 amide bonds. The van der Waals surface area contributed by atoms with Crippen LogP contribution in [0.3, 0.4) is 0 Å². The average Bonchev–Trinajstić information content (AvgIpc) is 2.93. The van der Waals surface area contributed by atoms with E-state index in [9.17, 15) is 18.0 Å². The van der Waals surface area contributed by atoms with Crippen molar-refractivity contribution in [1.29, 1.82) is 0 Å². The van der Waals surface area contributed by atoms with Crippen LogP contribution in [0.2, 0.25) is 0 Å². The molecule has 0 spiro atoms. The minimum absolute atomic E-state index is 0.126. The van der Waals surface area contributed by atoms with Crippen LogP contribution in [0.4, 0.5) is 11.4 Å². The van der Waals surface area contributed by atoms with Gasteiger partial charge in [-0.2, -0.15) is 4.31 Å². The fourth-order valence-corrected chi connectivity index (χ4v) is 5.93. The van der Waals surface area contributed by atoms with Gasteiger partial charge in [0.05, 0.1) is 30.3 Å². The Morgan fingerprint density at radius 2 is 1.74 bits per heavy atom. The van der Waals surface area contributed by atoms with Crippen molar-refractivity contribution in [2.45, 2.75) is 31.4 Å². The number of nitrogens with one attached hydrogen (secondary N) is 1. The van der Waals surface area contributed by atoms with Crippen molar-refractivity contribution < 1.29 is 27.5 Å². The van der Waals surface area contributed by atoms with Gasteiger partial charge in [0.1, 0.15) is 5.75 Å². The van der Waals surface area contributed by atoms with E-state index in [-0.39, 0.29) is 10.8 Å². The maximum Gasteiger partial charge on any atom is 0.268 e. The van der Waals surface area contributed by atoms with Gasteiger partial charge in [0, 0.05) is 24.3 Å². The number of morpholine rings is 1. The molecule has 0 aliphatic carbocycles. The zero-order valence-corrected chi connectivity index (χ0v) is 22.0. The highest BCUT2D eigenvalue weighted by Gasteiger charge is 2.32. The number of benzene rings is 3. The summed E-state index contributed by atoms with van der Waals surface area (Å²) in [5.74, 6) is -0.00945. The van der Waals surface area contributed by atoms with Crippen LogP contribution in [0.5, 0.6) is 5.75 Å². The van der Waals surface area contributed by atoms with E-state index < -0.39 is 22.0 Å². The van der Waals surface area contributed by atoms with Gasteiger partial charge in [-0.1, -0.05) is 24.3 Å². The fraction of sp³-hybridized carbons (Fsp3) is 0.286. The molecule has 0 aromatic heterocycles. The lowest BCUT2D eigenvalue weighted by Gasteiger charge is -2.33. The standard InChI is InChI=1S/C28H29N3O6S/c1-19-5-3-4-6-22(19)18-31-25-17-23(9-12-26(25)37-20(2)28(31)33)29-27(32)21-7-10-24(11-8-21)38(34,35)30-13-15-36-16-14-30/h3-12,17,20H,13-16,18H2,1-2H3,(H,29,32). The number of anilines is 2. The summed E-state index contributed by atoms with van der Waals surface area (Å²) >= 11 is 0. The molecule has 0 saturated carbocycles. The molecule has 0 radical (unpaired) electrons. The van der Waals surface area contributed by atoms with E-state index in [1.54, 1.807) is 30.0 Å². The summed E-state index contributed by atoms with van der Waals surface area (Å²) in [6, 6.07) is 18.9. The Morgan fingerprint density at radius 1 is 1.03 bits per heavy atom. The molecule has 10 heteroatoms. The third-order valence-electron chi connectivity index (χ3n) is 6.74. The molecule has 1 unspecified atom stereocenters. The Labute approximate surface area is 222 Å². The molecule has 2 aliphatic rings. The molecule has 1 N–H and O–H groups in total. The van der Waals surface area contributed by atoms with Gasteiger partial charge < -0.3 is 19.7 Å². The van der Waals surface area contributed by atoms with Crippen LogP contribution in [0.1, 0.15) is 28.4 Å². The molecule has 3 aromatic carbocycles. The molecule has 198 valence electrons. The van der Waals surface area contributed by atoms with Crippen LogP contribution < -0.4 is 15.0 Å². The predicted molar refractivity (Wildman–Crippen MR) is 143 cm³/mol. The summed E-state index contributed by atoms with van der Waals surface area (Å²) in [7, 11) is -3.65. The maximum atomic E-state index is 13.0. The first-order chi connectivity index (χ1) is 18.2. The number of fused-ring (bicyclic) bond motifs is 1. The monoisotopic (exact) mass is 535 g/mol. The number of amides is 2. The minimum Gasteiger partial charge on any atom is -0.479 e. The van der Waals surface area contributed by atoms with Gasteiger partial charge >= 0.3 is 0 Å². The summed E-state index contributed by atoms with van der Waals surface area (Å²) in [5.41, 5.74) is 3.45. The van der Waals surface area contributed by atoms with Crippen molar-refractivity contribution in [3.63, 3.8) is 0 Å². The van der Waals surface area contributed by atoms with Crippen LogP contribution in [0.25, 0.3) is 0 Å². The third kappa shape index (κ3) is 5.15. The van der Waals surface area contributed by atoms with Crippen LogP contribution in [0.15, 0.2) is 71.6 Å². The Morgan fingerprint density at radius 3 is 2.45 bits per heavy atom. The first-order valence-corrected chi connectivity index (χ1v) is 13.8. The summed E-state index contributed by atoms with van der Waals surface area (Å²) in [6.45, 7) is 5.41. The predicted octanol–water partition coefficient (Wildman–Crippen LogP) is 3.58. The zero-order chi connectivity index (χ0) is 26.9. The number of hydrogen-bond acceptors (Lipinski definition) is 6. The van der Waals surface area contributed by atoms with E-state index in [4.69, 9.17) is 9.47 Å². The SMILES string of the molecule is Cc1ccccc1CN1C(=O)C(C)Oc2ccc(NC(=O)c3ccc(S(=O)(=O)N4CCOCC4)cc3)cc21. The first kappa shape index (κ1) is 25.9. The highest BCUT2D eigenvalue weighted by atomic mass is 32.2. The van der Waals surface area contributed by atoms with Crippen molar-refractivity contribution >= 4 is 33.2 Å². The number of rotatable bonds is 6. The molecule has 9 nitrogen and oxygen atoms in total.